The monoisotopic (exact) mass is 485 g/mol. The van der Waals surface area contributed by atoms with Gasteiger partial charge in [0.05, 0.1) is 24.6 Å². The zero-order valence-corrected chi connectivity index (χ0v) is 20.1. The third-order valence-electron chi connectivity index (χ3n) is 5.78. The normalized spacial score (nSPS) is 14.2. The van der Waals surface area contributed by atoms with Crippen LogP contribution >= 0.6 is 0 Å². The summed E-state index contributed by atoms with van der Waals surface area (Å²) in [5.41, 5.74) is 1.58. The first-order chi connectivity index (χ1) is 16.3. The maximum absolute atomic E-state index is 12.7. The third-order valence-corrected chi connectivity index (χ3v) is 6.91. The maximum atomic E-state index is 12.7. The van der Waals surface area contributed by atoms with Crippen LogP contribution in [0.5, 0.6) is 11.5 Å². The minimum atomic E-state index is -3.24. The molecule has 1 fully saturated rings. The Kier molecular flexibility index (Phi) is 6.73. The van der Waals surface area contributed by atoms with Crippen LogP contribution in [0.1, 0.15) is 5.56 Å². The summed E-state index contributed by atoms with van der Waals surface area (Å²) in [5.74, 6) is 2.00. The summed E-state index contributed by atoms with van der Waals surface area (Å²) in [6.07, 6.45) is 2.69. The molecule has 180 valence electrons. The largest absolute Gasteiger partial charge is 0.493 e. The van der Waals surface area contributed by atoms with Gasteiger partial charge in [-0.25, -0.2) is 23.2 Å². The second kappa shape index (κ2) is 9.72. The fraction of sp³-hybridized carbons (Fsp3) is 0.348. The average Bonchev–Trinajstić information content (AvgIpc) is 2.85. The van der Waals surface area contributed by atoms with Crippen LogP contribution in [0.25, 0.3) is 10.9 Å². The molecule has 11 heteroatoms. The molecular formula is C23H27N5O5S. The van der Waals surface area contributed by atoms with Crippen molar-refractivity contribution < 1.29 is 22.7 Å². The van der Waals surface area contributed by atoms with E-state index in [0.717, 1.165) is 22.3 Å². The van der Waals surface area contributed by atoms with Crippen molar-refractivity contribution in [3.63, 3.8) is 0 Å². The molecule has 0 saturated carbocycles. The minimum absolute atomic E-state index is 0.161. The molecule has 10 nitrogen and oxygen atoms in total. The summed E-state index contributed by atoms with van der Waals surface area (Å²) < 4.78 is 34.0. The number of amides is 2. The number of piperazine rings is 1. The summed E-state index contributed by atoms with van der Waals surface area (Å²) in [7, 11) is -0.0681. The number of rotatable bonds is 6. The van der Waals surface area contributed by atoms with Gasteiger partial charge >= 0.3 is 6.03 Å². The Balaban J connectivity index is 1.38. The summed E-state index contributed by atoms with van der Waals surface area (Å²) >= 11 is 0. The van der Waals surface area contributed by atoms with Gasteiger partial charge in [-0.05, 0) is 23.8 Å². The number of hydrogen-bond acceptors (Lipinski definition) is 8. The van der Waals surface area contributed by atoms with Gasteiger partial charge in [-0.3, -0.25) is 0 Å². The van der Waals surface area contributed by atoms with E-state index in [1.165, 1.54) is 12.6 Å². The number of aromatic nitrogens is 2. The fourth-order valence-electron chi connectivity index (χ4n) is 3.89. The second-order valence-electron chi connectivity index (χ2n) is 7.97. The molecule has 1 aliphatic heterocycles. The Morgan fingerprint density at radius 1 is 1.00 bits per heavy atom. The number of sulfone groups is 1. The molecule has 0 bridgehead atoms. The summed E-state index contributed by atoms with van der Waals surface area (Å²) in [6.45, 7) is 2.64. The van der Waals surface area contributed by atoms with E-state index < -0.39 is 9.84 Å². The number of carbonyl (C=O) groups is 1. The standard InChI is InChI=1S/C23H27N5O5S/c1-32-20-12-18-19(13-21(20)33-2)25-15-26-22(18)27-8-10-28(11-9-27)23(29)24-14-16-4-6-17(7-5-16)34(3,30)31/h4-7,12-13,15H,8-11,14H2,1-3H3,(H,24,29). The smallest absolute Gasteiger partial charge is 0.317 e. The van der Waals surface area contributed by atoms with Crippen molar-refractivity contribution in [1.82, 2.24) is 20.2 Å². The molecule has 34 heavy (non-hydrogen) atoms. The lowest BCUT2D eigenvalue weighted by atomic mass is 10.2. The first-order valence-electron chi connectivity index (χ1n) is 10.7. The van der Waals surface area contributed by atoms with E-state index in [4.69, 9.17) is 9.47 Å². The van der Waals surface area contributed by atoms with Gasteiger partial charge < -0.3 is 24.6 Å². The lowest BCUT2D eigenvalue weighted by Crippen LogP contribution is -2.52. The van der Waals surface area contributed by atoms with Crippen molar-refractivity contribution >= 4 is 32.6 Å². The Morgan fingerprint density at radius 3 is 2.26 bits per heavy atom. The van der Waals surface area contributed by atoms with Gasteiger partial charge in [-0.15, -0.1) is 0 Å². The first kappa shape index (κ1) is 23.6. The Bertz CT molecular complexity index is 1290. The van der Waals surface area contributed by atoms with Gasteiger partial charge in [0.25, 0.3) is 0 Å². The summed E-state index contributed by atoms with van der Waals surface area (Å²) in [5, 5.41) is 3.76. The Hall–Kier alpha value is -3.60. The minimum Gasteiger partial charge on any atom is -0.493 e. The van der Waals surface area contributed by atoms with Crippen LogP contribution < -0.4 is 19.7 Å². The van der Waals surface area contributed by atoms with Gasteiger partial charge in [0.15, 0.2) is 21.3 Å². The third kappa shape index (κ3) is 4.98. The van der Waals surface area contributed by atoms with Crippen molar-refractivity contribution in [1.29, 1.82) is 0 Å². The predicted molar refractivity (Wildman–Crippen MR) is 128 cm³/mol. The van der Waals surface area contributed by atoms with E-state index in [-0.39, 0.29) is 10.9 Å². The molecular weight excluding hydrogens is 458 g/mol. The highest BCUT2D eigenvalue weighted by atomic mass is 32.2. The number of fused-ring (bicyclic) bond motifs is 1. The van der Waals surface area contributed by atoms with Gasteiger partial charge in [0.1, 0.15) is 12.1 Å². The molecule has 0 unspecified atom stereocenters. The molecule has 1 aliphatic rings. The molecule has 4 rings (SSSR count). The lowest BCUT2D eigenvalue weighted by Gasteiger charge is -2.35. The van der Waals surface area contributed by atoms with Crippen molar-refractivity contribution in [3.05, 3.63) is 48.3 Å². The summed E-state index contributed by atoms with van der Waals surface area (Å²) in [6, 6.07) is 10.0. The van der Waals surface area contributed by atoms with Crippen LogP contribution in [0.4, 0.5) is 10.6 Å². The number of benzene rings is 2. The molecule has 0 aliphatic carbocycles. The topological polar surface area (TPSA) is 114 Å². The first-order valence-corrected chi connectivity index (χ1v) is 12.6. The molecule has 2 amide bonds. The lowest BCUT2D eigenvalue weighted by molar-refractivity contribution is 0.194. The van der Waals surface area contributed by atoms with Gasteiger partial charge in [-0.2, -0.15) is 0 Å². The van der Waals surface area contributed by atoms with Crippen LogP contribution in [0.2, 0.25) is 0 Å². The molecule has 0 atom stereocenters. The quantitative estimate of drug-likeness (QED) is 0.565. The van der Waals surface area contributed by atoms with Crippen LogP contribution in [0.3, 0.4) is 0 Å². The number of methoxy groups -OCH3 is 2. The van der Waals surface area contributed by atoms with Crippen LogP contribution in [-0.2, 0) is 16.4 Å². The number of nitrogens with zero attached hydrogens (tertiary/aromatic N) is 4. The second-order valence-corrected chi connectivity index (χ2v) is 9.99. The number of anilines is 1. The zero-order chi connectivity index (χ0) is 24.3. The molecule has 1 saturated heterocycles. The van der Waals surface area contributed by atoms with E-state index in [9.17, 15) is 13.2 Å². The number of ether oxygens (including phenoxy) is 2. The number of hydrogen-bond donors (Lipinski definition) is 1. The average molecular weight is 486 g/mol. The molecule has 1 N–H and O–H groups in total. The van der Waals surface area contributed by atoms with Crippen molar-refractivity contribution in [2.75, 3.05) is 51.6 Å². The number of nitrogens with one attached hydrogen (secondary N) is 1. The van der Waals surface area contributed by atoms with Crippen LogP contribution in [-0.4, -0.2) is 76.0 Å². The fourth-order valence-corrected chi connectivity index (χ4v) is 4.52. The van der Waals surface area contributed by atoms with E-state index in [1.807, 2.05) is 12.1 Å². The number of carbonyl (C=O) groups excluding carboxylic acids is 1. The van der Waals surface area contributed by atoms with Crippen LogP contribution in [0.15, 0.2) is 47.6 Å². The highest BCUT2D eigenvalue weighted by molar-refractivity contribution is 7.90. The predicted octanol–water partition coefficient (Wildman–Crippen LogP) is 2.08. The van der Waals surface area contributed by atoms with Crippen molar-refractivity contribution in [3.8, 4) is 11.5 Å². The molecule has 0 spiro atoms. The van der Waals surface area contributed by atoms with Crippen LogP contribution in [0, 0.1) is 0 Å². The zero-order valence-electron chi connectivity index (χ0n) is 19.3. The van der Waals surface area contributed by atoms with E-state index in [0.29, 0.717) is 44.2 Å². The molecule has 2 aromatic carbocycles. The van der Waals surface area contributed by atoms with Crippen molar-refractivity contribution in [2.45, 2.75) is 11.4 Å². The summed E-state index contributed by atoms with van der Waals surface area (Å²) in [4.78, 5) is 25.6. The Labute approximate surface area is 198 Å². The van der Waals surface area contributed by atoms with E-state index >= 15 is 0 Å². The van der Waals surface area contributed by atoms with E-state index in [1.54, 1.807) is 43.4 Å². The van der Waals surface area contributed by atoms with Gasteiger partial charge in [0, 0.05) is 50.4 Å². The molecule has 2 heterocycles. The molecule has 3 aromatic rings. The van der Waals surface area contributed by atoms with Crippen molar-refractivity contribution in [2.24, 2.45) is 0 Å². The highest BCUT2D eigenvalue weighted by Gasteiger charge is 2.24. The molecule has 0 radical (unpaired) electrons. The van der Waals surface area contributed by atoms with Gasteiger partial charge in [0.2, 0.25) is 0 Å². The Morgan fingerprint density at radius 2 is 1.65 bits per heavy atom. The highest BCUT2D eigenvalue weighted by Crippen LogP contribution is 2.34. The van der Waals surface area contributed by atoms with E-state index in [2.05, 4.69) is 20.2 Å². The molecule has 1 aromatic heterocycles. The number of urea groups is 1. The SMILES string of the molecule is COc1cc2ncnc(N3CCN(C(=O)NCc4ccc(S(C)(=O)=O)cc4)CC3)c2cc1OC. The maximum Gasteiger partial charge on any atom is 0.317 e. The van der Waals surface area contributed by atoms with Gasteiger partial charge in [-0.1, -0.05) is 12.1 Å².